The average Bonchev–Trinajstić information content (AvgIpc) is 2.05. The van der Waals surface area contributed by atoms with Gasteiger partial charge in [-0.15, -0.1) is 0 Å². The Kier molecular flexibility index (Phi) is 3.52. The maximum absolute atomic E-state index is 5.21. The number of methoxy groups -OCH3 is 1. The van der Waals surface area contributed by atoms with Gasteiger partial charge in [0.05, 0.1) is 7.11 Å². The Bertz CT molecular complexity index is 265. The topological polar surface area (TPSA) is 47.3 Å². The molecule has 0 fully saturated rings. The second-order valence-electron chi connectivity index (χ2n) is 2.34. The van der Waals surface area contributed by atoms with Gasteiger partial charge in [-0.2, -0.15) is 0 Å². The number of hydrazine groups is 1. The minimum absolute atomic E-state index is 0.600. The molecule has 3 nitrogen and oxygen atoms in total. The zero-order valence-corrected chi connectivity index (χ0v) is 8.39. The van der Waals surface area contributed by atoms with Crippen molar-refractivity contribution in [3.05, 3.63) is 28.2 Å². The molecular formula is C8H11BrN2O. The summed E-state index contributed by atoms with van der Waals surface area (Å²) in [7, 11) is 1.64. The van der Waals surface area contributed by atoms with Crippen LogP contribution in [0.5, 0.6) is 5.75 Å². The predicted molar refractivity (Wildman–Crippen MR) is 51.7 cm³/mol. The average molecular weight is 231 g/mol. The molecule has 66 valence electrons. The van der Waals surface area contributed by atoms with Crippen LogP contribution in [-0.4, -0.2) is 7.11 Å². The molecule has 4 heteroatoms. The maximum atomic E-state index is 5.21. The van der Waals surface area contributed by atoms with Crippen LogP contribution in [0.3, 0.4) is 0 Å². The lowest BCUT2D eigenvalue weighted by molar-refractivity contribution is 0.408. The van der Waals surface area contributed by atoms with Gasteiger partial charge in [0.15, 0.2) is 0 Å². The number of nitrogens with two attached hydrogens (primary N) is 1. The van der Waals surface area contributed by atoms with Crippen LogP contribution < -0.4 is 16.0 Å². The second kappa shape index (κ2) is 4.45. The Morgan fingerprint density at radius 2 is 2.33 bits per heavy atom. The molecule has 3 N–H and O–H groups in total. The molecule has 0 aromatic heterocycles. The fourth-order valence-corrected chi connectivity index (χ4v) is 1.40. The molecule has 12 heavy (non-hydrogen) atoms. The summed E-state index contributed by atoms with van der Waals surface area (Å²) < 4.78 is 6.16. The minimum atomic E-state index is 0.600. The van der Waals surface area contributed by atoms with E-state index in [1.807, 2.05) is 18.2 Å². The third-order valence-corrected chi connectivity index (χ3v) is 2.03. The number of ether oxygens (including phenoxy) is 1. The van der Waals surface area contributed by atoms with E-state index in [0.29, 0.717) is 6.54 Å². The molecule has 0 aliphatic carbocycles. The number of rotatable bonds is 3. The molecule has 0 unspecified atom stereocenters. The van der Waals surface area contributed by atoms with Gasteiger partial charge in [-0.25, -0.2) is 0 Å². The lowest BCUT2D eigenvalue weighted by atomic mass is 10.2. The quantitative estimate of drug-likeness (QED) is 0.610. The highest BCUT2D eigenvalue weighted by atomic mass is 79.9. The van der Waals surface area contributed by atoms with Crippen LogP contribution in [0.15, 0.2) is 22.7 Å². The molecular weight excluding hydrogens is 220 g/mol. The smallest absolute Gasteiger partial charge is 0.123 e. The Morgan fingerprint density at radius 1 is 1.58 bits per heavy atom. The molecule has 1 aromatic rings. The molecule has 0 atom stereocenters. The molecule has 1 aromatic carbocycles. The summed E-state index contributed by atoms with van der Waals surface area (Å²) in [5.74, 6) is 6.06. The first-order valence-corrected chi connectivity index (χ1v) is 4.33. The molecule has 1 rings (SSSR count). The van der Waals surface area contributed by atoms with Crippen LogP contribution in [-0.2, 0) is 6.54 Å². The highest BCUT2D eigenvalue weighted by molar-refractivity contribution is 9.10. The van der Waals surface area contributed by atoms with Crippen LogP contribution in [0.1, 0.15) is 5.56 Å². The molecule has 0 saturated carbocycles. The van der Waals surface area contributed by atoms with Crippen LogP contribution >= 0.6 is 15.9 Å². The van der Waals surface area contributed by atoms with Crippen molar-refractivity contribution in [3.63, 3.8) is 0 Å². The Labute approximate surface area is 80.0 Å². The highest BCUT2D eigenvalue weighted by Gasteiger charge is 2.01. The van der Waals surface area contributed by atoms with E-state index in [4.69, 9.17) is 10.6 Å². The summed E-state index contributed by atoms with van der Waals surface area (Å²) in [6.45, 7) is 0.600. The van der Waals surface area contributed by atoms with E-state index >= 15 is 0 Å². The van der Waals surface area contributed by atoms with Gasteiger partial charge in [0.2, 0.25) is 0 Å². The Balaban J connectivity index is 2.95. The van der Waals surface area contributed by atoms with E-state index in [2.05, 4.69) is 21.4 Å². The first-order chi connectivity index (χ1) is 5.77. The van der Waals surface area contributed by atoms with Crippen molar-refractivity contribution in [1.29, 1.82) is 0 Å². The largest absolute Gasteiger partial charge is 0.496 e. The van der Waals surface area contributed by atoms with Gasteiger partial charge in [0.1, 0.15) is 5.75 Å². The monoisotopic (exact) mass is 230 g/mol. The van der Waals surface area contributed by atoms with Crippen molar-refractivity contribution >= 4 is 15.9 Å². The molecule has 0 bridgehead atoms. The minimum Gasteiger partial charge on any atom is -0.496 e. The fourth-order valence-electron chi connectivity index (χ4n) is 0.995. The molecule has 0 spiro atoms. The second-order valence-corrected chi connectivity index (χ2v) is 3.25. The summed E-state index contributed by atoms with van der Waals surface area (Å²) in [6.07, 6.45) is 0. The van der Waals surface area contributed by atoms with Crippen LogP contribution in [0.25, 0.3) is 0 Å². The predicted octanol–water partition coefficient (Wildman–Crippen LogP) is 1.42. The number of benzene rings is 1. The van der Waals surface area contributed by atoms with Gasteiger partial charge < -0.3 is 4.74 Å². The molecule has 0 aliphatic heterocycles. The maximum Gasteiger partial charge on any atom is 0.123 e. The van der Waals surface area contributed by atoms with E-state index < -0.39 is 0 Å². The molecule has 0 heterocycles. The highest BCUT2D eigenvalue weighted by Crippen LogP contribution is 2.22. The van der Waals surface area contributed by atoms with Crippen molar-refractivity contribution in [3.8, 4) is 5.75 Å². The third-order valence-electron chi connectivity index (χ3n) is 1.53. The van der Waals surface area contributed by atoms with Gasteiger partial charge in [-0.1, -0.05) is 15.9 Å². The SMILES string of the molecule is COc1ccc(Br)cc1CNN. The van der Waals surface area contributed by atoms with Crippen LogP contribution in [0.4, 0.5) is 0 Å². The van der Waals surface area contributed by atoms with Crippen molar-refractivity contribution in [2.75, 3.05) is 7.11 Å². The zero-order chi connectivity index (χ0) is 8.97. The summed E-state index contributed by atoms with van der Waals surface area (Å²) in [6, 6.07) is 5.80. The summed E-state index contributed by atoms with van der Waals surface area (Å²) in [4.78, 5) is 0. The van der Waals surface area contributed by atoms with E-state index in [1.54, 1.807) is 7.11 Å². The number of halogens is 1. The lowest BCUT2D eigenvalue weighted by Crippen LogP contribution is -2.21. The van der Waals surface area contributed by atoms with Crippen molar-refractivity contribution in [2.24, 2.45) is 5.84 Å². The Morgan fingerprint density at radius 3 is 2.92 bits per heavy atom. The Hall–Kier alpha value is -0.580. The first kappa shape index (κ1) is 9.51. The number of nitrogens with one attached hydrogen (secondary N) is 1. The van der Waals surface area contributed by atoms with E-state index in [-0.39, 0.29) is 0 Å². The molecule has 0 aliphatic rings. The van der Waals surface area contributed by atoms with Crippen LogP contribution in [0.2, 0.25) is 0 Å². The van der Waals surface area contributed by atoms with Gasteiger partial charge >= 0.3 is 0 Å². The van der Waals surface area contributed by atoms with E-state index in [0.717, 1.165) is 15.8 Å². The van der Waals surface area contributed by atoms with Crippen molar-refractivity contribution in [2.45, 2.75) is 6.54 Å². The zero-order valence-electron chi connectivity index (χ0n) is 6.80. The lowest BCUT2D eigenvalue weighted by Gasteiger charge is -2.07. The van der Waals surface area contributed by atoms with Gasteiger partial charge in [-0.05, 0) is 18.2 Å². The molecule has 0 saturated heterocycles. The molecule has 0 amide bonds. The standard InChI is InChI=1S/C8H11BrN2O/c1-12-8-3-2-7(9)4-6(8)5-11-10/h2-4,11H,5,10H2,1H3. The first-order valence-electron chi connectivity index (χ1n) is 3.54. The normalized spacial score (nSPS) is 9.92. The summed E-state index contributed by atoms with van der Waals surface area (Å²) in [5.41, 5.74) is 3.62. The van der Waals surface area contributed by atoms with Crippen molar-refractivity contribution < 1.29 is 4.74 Å². The van der Waals surface area contributed by atoms with E-state index in [1.165, 1.54) is 0 Å². The summed E-state index contributed by atoms with van der Waals surface area (Å²) in [5, 5.41) is 0. The van der Waals surface area contributed by atoms with Gasteiger partial charge in [-0.3, -0.25) is 11.3 Å². The fraction of sp³-hybridized carbons (Fsp3) is 0.250. The number of hydrogen-bond donors (Lipinski definition) is 2. The third kappa shape index (κ3) is 2.20. The van der Waals surface area contributed by atoms with E-state index in [9.17, 15) is 0 Å². The van der Waals surface area contributed by atoms with Crippen molar-refractivity contribution in [1.82, 2.24) is 5.43 Å². The summed E-state index contributed by atoms with van der Waals surface area (Å²) >= 11 is 3.37. The number of hydrogen-bond acceptors (Lipinski definition) is 3. The van der Waals surface area contributed by atoms with Gasteiger partial charge in [0.25, 0.3) is 0 Å². The molecule has 0 radical (unpaired) electrons. The van der Waals surface area contributed by atoms with Gasteiger partial charge in [0, 0.05) is 16.6 Å². The van der Waals surface area contributed by atoms with Crippen LogP contribution in [0, 0.1) is 0 Å².